The second-order valence-corrected chi connectivity index (χ2v) is 5.41. The van der Waals surface area contributed by atoms with Crippen LogP contribution in [0.2, 0.25) is 0 Å². The van der Waals surface area contributed by atoms with Gasteiger partial charge in [0.05, 0.1) is 5.52 Å². The van der Waals surface area contributed by atoms with E-state index >= 15 is 0 Å². The van der Waals surface area contributed by atoms with Crippen molar-refractivity contribution in [3.8, 4) is 0 Å². The van der Waals surface area contributed by atoms with Crippen molar-refractivity contribution >= 4 is 40.8 Å². The Bertz CT molecular complexity index is 607. The average molecular weight is 426 g/mol. The zero-order valence-electron chi connectivity index (χ0n) is 14.0. The van der Waals surface area contributed by atoms with E-state index in [4.69, 9.17) is 0 Å². The van der Waals surface area contributed by atoms with Gasteiger partial charge in [-0.1, -0.05) is 50.5 Å². The van der Waals surface area contributed by atoms with Crippen molar-refractivity contribution in [1.82, 2.24) is 15.6 Å². The molecule has 0 radical (unpaired) electrons. The predicted molar refractivity (Wildman–Crippen MR) is 110 cm³/mol. The Kier molecular flexibility index (Phi) is 9.59. The van der Waals surface area contributed by atoms with E-state index in [-0.39, 0.29) is 24.0 Å². The summed E-state index contributed by atoms with van der Waals surface area (Å²) in [5.74, 6) is 0.851. The van der Waals surface area contributed by atoms with Gasteiger partial charge < -0.3 is 10.6 Å². The van der Waals surface area contributed by atoms with Crippen LogP contribution in [0.15, 0.2) is 41.5 Å². The molecule has 23 heavy (non-hydrogen) atoms. The number of hydrogen-bond donors (Lipinski definition) is 2. The molecule has 1 heterocycles. The number of aliphatic imine (C=N–C) groups is 1. The first-order chi connectivity index (χ1) is 10.8. The molecule has 1 aromatic heterocycles. The zero-order valence-corrected chi connectivity index (χ0v) is 16.3. The van der Waals surface area contributed by atoms with E-state index in [1.54, 1.807) is 0 Å². The summed E-state index contributed by atoms with van der Waals surface area (Å²) in [6.45, 7) is 3.92. The number of rotatable bonds is 7. The lowest BCUT2D eigenvalue weighted by Crippen LogP contribution is -2.37. The van der Waals surface area contributed by atoms with Gasteiger partial charge in [-0.3, -0.25) is 9.98 Å². The minimum absolute atomic E-state index is 0. The Labute approximate surface area is 156 Å². The van der Waals surface area contributed by atoms with Crippen molar-refractivity contribution in [2.75, 3.05) is 13.6 Å². The monoisotopic (exact) mass is 426 g/mol. The van der Waals surface area contributed by atoms with Crippen LogP contribution in [0.1, 0.15) is 38.2 Å². The third-order valence-corrected chi connectivity index (χ3v) is 3.71. The molecule has 4 nitrogen and oxygen atoms in total. The highest BCUT2D eigenvalue weighted by atomic mass is 127. The van der Waals surface area contributed by atoms with E-state index in [0.717, 1.165) is 24.6 Å². The average Bonchev–Trinajstić information content (AvgIpc) is 2.57. The molecular weight excluding hydrogens is 399 g/mol. The lowest BCUT2D eigenvalue weighted by molar-refractivity contribution is 0.647. The molecule has 0 bridgehead atoms. The summed E-state index contributed by atoms with van der Waals surface area (Å²) >= 11 is 0. The summed E-state index contributed by atoms with van der Waals surface area (Å²) in [5.41, 5.74) is 2.24. The van der Waals surface area contributed by atoms with Crippen molar-refractivity contribution < 1.29 is 0 Å². The second-order valence-electron chi connectivity index (χ2n) is 5.41. The standard InChI is InChI=1S/C18H26N4.HI/c1-3-4-5-6-12-21-18(19-2)22-14-16-10-7-9-15-11-8-13-20-17(15)16;/h7-11,13H,3-6,12,14H2,1-2H3,(H2,19,21,22);1H. The number of guanidine groups is 1. The molecule has 0 spiro atoms. The Morgan fingerprint density at radius 1 is 1.09 bits per heavy atom. The SMILES string of the molecule is CCCCCCNC(=NC)NCc1cccc2cccnc12.I. The minimum atomic E-state index is 0. The molecule has 126 valence electrons. The fraction of sp³-hybridized carbons (Fsp3) is 0.444. The van der Waals surface area contributed by atoms with Crippen LogP contribution in [-0.2, 0) is 6.54 Å². The van der Waals surface area contributed by atoms with E-state index in [1.165, 1.54) is 36.6 Å². The molecular formula is C18H27IN4. The first-order valence-corrected chi connectivity index (χ1v) is 8.12. The molecule has 2 N–H and O–H groups in total. The minimum Gasteiger partial charge on any atom is -0.356 e. The van der Waals surface area contributed by atoms with E-state index in [1.807, 2.05) is 19.3 Å². The van der Waals surface area contributed by atoms with Gasteiger partial charge in [-0.25, -0.2) is 0 Å². The van der Waals surface area contributed by atoms with Gasteiger partial charge in [-0.2, -0.15) is 0 Å². The van der Waals surface area contributed by atoms with Gasteiger partial charge in [0, 0.05) is 31.7 Å². The Hall–Kier alpha value is -1.37. The molecule has 5 heteroatoms. The number of nitrogens with one attached hydrogen (secondary N) is 2. The number of hydrogen-bond acceptors (Lipinski definition) is 2. The van der Waals surface area contributed by atoms with Crippen molar-refractivity contribution in [3.05, 3.63) is 42.1 Å². The molecule has 0 unspecified atom stereocenters. The Morgan fingerprint density at radius 3 is 2.70 bits per heavy atom. The number of pyridine rings is 1. The molecule has 0 aliphatic rings. The maximum absolute atomic E-state index is 4.48. The van der Waals surface area contributed by atoms with Crippen molar-refractivity contribution in [2.45, 2.75) is 39.2 Å². The van der Waals surface area contributed by atoms with E-state index < -0.39 is 0 Å². The molecule has 0 saturated carbocycles. The molecule has 0 aliphatic carbocycles. The van der Waals surface area contributed by atoms with Crippen LogP contribution in [0.25, 0.3) is 10.9 Å². The third-order valence-electron chi connectivity index (χ3n) is 3.71. The van der Waals surface area contributed by atoms with Gasteiger partial charge in [0.1, 0.15) is 0 Å². The molecule has 0 amide bonds. The van der Waals surface area contributed by atoms with E-state index in [0.29, 0.717) is 0 Å². The van der Waals surface area contributed by atoms with Gasteiger partial charge in [-0.05, 0) is 18.1 Å². The maximum Gasteiger partial charge on any atom is 0.191 e. The van der Waals surface area contributed by atoms with Gasteiger partial charge in [0.2, 0.25) is 0 Å². The lowest BCUT2D eigenvalue weighted by Gasteiger charge is -2.12. The highest BCUT2D eigenvalue weighted by Crippen LogP contribution is 2.15. The van der Waals surface area contributed by atoms with Gasteiger partial charge in [0.15, 0.2) is 5.96 Å². The fourth-order valence-corrected chi connectivity index (χ4v) is 2.47. The van der Waals surface area contributed by atoms with E-state index in [9.17, 15) is 0 Å². The zero-order chi connectivity index (χ0) is 15.6. The van der Waals surface area contributed by atoms with Crippen LogP contribution in [0, 0.1) is 0 Å². The first-order valence-electron chi connectivity index (χ1n) is 8.12. The molecule has 2 aromatic rings. The predicted octanol–water partition coefficient (Wildman–Crippen LogP) is 4.10. The van der Waals surface area contributed by atoms with Crippen LogP contribution in [0.5, 0.6) is 0 Å². The number of unbranched alkanes of at least 4 members (excludes halogenated alkanes) is 3. The van der Waals surface area contributed by atoms with Crippen LogP contribution in [0.4, 0.5) is 0 Å². The summed E-state index contributed by atoms with van der Waals surface area (Å²) in [6.07, 6.45) is 6.86. The maximum atomic E-state index is 4.48. The molecule has 0 fully saturated rings. The molecule has 2 rings (SSSR count). The summed E-state index contributed by atoms with van der Waals surface area (Å²) < 4.78 is 0. The number of benzene rings is 1. The number of aromatic nitrogens is 1. The van der Waals surface area contributed by atoms with Crippen LogP contribution >= 0.6 is 24.0 Å². The largest absolute Gasteiger partial charge is 0.356 e. The number of fused-ring (bicyclic) bond motifs is 1. The normalized spacial score (nSPS) is 11.1. The smallest absolute Gasteiger partial charge is 0.191 e. The Balaban J connectivity index is 0.00000264. The molecule has 0 atom stereocenters. The summed E-state index contributed by atoms with van der Waals surface area (Å²) in [5, 5.41) is 7.90. The van der Waals surface area contributed by atoms with Crippen molar-refractivity contribution in [3.63, 3.8) is 0 Å². The lowest BCUT2D eigenvalue weighted by atomic mass is 10.1. The summed E-state index contributed by atoms with van der Waals surface area (Å²) in [7, 11) is 1.81. The first kappa shape index (κ1) is 19.7. The fourth-order valence-electron chi connectivity index (χ4n) is 2.47. The van der Waals surface area contributed by atoms with Gasteiger partial charge >= 0.3 is 0 Å². The van der Waals surface area contributed by atoms with Crippen LogP contribution in [0.3, 0.4) is 0 Å². The van der Waals surface area contributed by atoms with Crippen LogP contribution in [-0.4, -0.2) is 24.5 Å². The number of halogens is 1. The third kappa shape index (κ3) is 6.33. The molecule has 1 aromatic carbocycles. The van der Waals surface area contributed by atoms with Crippen molar-refractivity contribution in [1.29, 1.82) is 0 Å². The molecule has 0 aliphatic heterocycles. The Morgan fingerprint density at radius 2 is 1.91 bits per heavy atom. The number of nitrogens with zero attached hydrogens (tertiary/aromatic N) is 2. The topological polar surface area (TPSA) is 49.3 Å². The summed E-state index contributed by atoms with van der Waals surface area (Å²) in [6, 6.07) is 10.3. The quantitative estimate of drug-likeness (QED) is 0.303. The van der Waals surface area contributed by atoms with Crippen LogP contribution < -0.4 is 10.6 Å². The highest BCUT2D eigenvalue weighted by Gasteiger charge is 2.03. The van der Waals surface area contributed by atoms with Gasteiger partial charge in [-0.15, -0.1) is 24.0 Å². The summed E-state index contributed by atoms with van der Waals surface area (Å²) in [4.78, 5) is 8.76. The molecule has 0 saturated heterocycles. The number of para-hydroxylation sites is 1. The highest BCUT2D eigenvalue weighted by molar-refractivity contribution is 14.0. The van der Waals surface area contributed by atoms with E-state index in [2.05, 4.69) is 51.8 Å². The second kappa shape index (κ2) is 11.2. The van der Waals surface area contributed by atoms with Gasteiger partial charge in [0.25, 0.3) is 0 Å². The van der Waals surface area contributed by atoms with Crippen molar-refractivity contribution in [2.24, 2.45) is 4.99 Å².